The molecule has 3 heteroatoms. The lowest BCUT2D eigenvalue weighted by Gasteiger charge is -1.99. The number of hydrogen-bond acceptors (Lipinski definition) is 2. The van der Waals surface area contributed by atoms with Crippen LogP contribution in [0.4, 0.5) is 0 Å². The summed E-state index contributed by atoms with van der Waals surface area (Å²) in [4.78, 5) is 0. The molecule has 1 aromatic heterocycles. The molecule has 0 amide bonds. The van der Waals surface area contributed by atoms with Gasteiger partial charge >= 0.3 is 0 Å². The summed E-state index contributed by atoms with van der Waals surface area (Å²) in [7, 11) is 0. The van der Waals surface area contributed by atoms with Crippen LogP contribution in [0.2, 0.25) is 0 Å². The molecule has 1 aromatic carbocycles. The second-order valence-electron chi connectivity index (χ2n) is 4.00. The van der Waals surface area contributed by atoms with Crippen molar-refractivity contribution in [3.63, 3.8) is 0 Å². The lowest BCUT2D eigenvalue weighted by Crippen LogP contribution is -2.05. The summed E-state index contributed by atoms with van der Waals surface area (Å²) in [5.74, 6) is 0. The number of aryl methyl sites for hydroxylation is 2. The van der Waals surface area contributed by atoms with Gasteiger partial charge in [0, 0.05) is 18.3 Å². The number of hydrogen-bond donors (Lipinski definition) is 1. The highest BCUT2D eigenvalue weighted by Gasteiger charge is 2.00. The molecule has 0 fully saturated rings. The summed E-state index contributed by atoms with van der Waals surface area (Å²) in [6.45, 7) is 3.69. The SMILES string of the molecule is Cc1ccc(-c2cnn(CCCN)c2)cc1. The fraction of sp³-hybridized carbons (Fsp3) is 0.308. The first-order valence-electron chi connectivity index (χ1n) is 5.59. The molecule has 0 radical (unpaired) electrons. The van der Waals surface area contributed by atoms with Crippen molar-refractivity contribution < 1.29 is 0 Å². The third-order valence-corrected chi connectivity index (χ3v) is 2.61. The van der Waals surface area contributed by atoms with Crippen LogP contribution in [0.5, 0.6) is 0 Å². The summed E-state index contributed by atoms with van der Waals surface area (Å²) in [6, 6.07) is 8.48. The highest BCUT2D eigenvalue weighted by Crippen LogP contribution is 2.18. The lowest BCUT2D eigenvalue weighted by atomic mass is 10.1. The fourth-order valence-corrected chi connectivity index (χ4v) is 1.63. The minimum Gasteiger partial charge on any atom is -0.330 e. The first-order valence-corrected chi connectivity index (χ1v) is 5.59. The maximum absolute atomic E-state index is 5.47. The fourth-order valence-electron chi connectivity index (χ4n) is 1.63. The number of benzene rings is 1. The molecular weight excluding hydrogens is 198 g/mol. The Balaban J connectivity index is 2.15. The monoisotopic (exact) mass is 215 g/mol. The maximum Gasteiger partial charge on any atom is 0.0568 e. The molecule has 0 unspecified atom stereocenters. The lowest BCUT2D eigenvalue weighted by molar-refractivity contribution is 0.585. The molecule has 0 saturated heterocycles. The van der Waals surface area contributed by atoms with Crippen molar-refractivity contribution in [1.82, 2.24) is 9.78 Å². The third kappa shape index (κ3) is 2.49. The Morgan fingerprint density at radius 2 is 1.94 bits per heavy atom. The van der Waals surface area contributed by atoms with Crippen LogP contribution in [0.3, 0.4) is 0 Å². The Bertz CT molecular complexity index is 442. The van der Waals surface area contributed by atoms with E-state index in [2.05, 4.69) is 42.5 Å². The summed E-state index contributed by atoms with van der Waals surface area (Å²) in [5, 5.41) is 4.31. The van der Waals surface area contributed by atoms with Gasteiger partial charge in [-0.2, -0.15) is 5.10 Å². The zero-order valence-corrected chi connectivity index (χ0v) is 9.56. The Hall–Kier alpha value is -1.61. The van der Waals surface area contributed by atoms with E-state index in [1.165, 1.54) is 11.1 Å². The second-order valence-corrected chi connectivity index (χ2v) is 4.00. The molecule has 3 nitrogen and oxygen atoms in total. The smallest absolute Gasteiger partial charge is 0.0568 e. The van der Waals surface area contributed by atoms with E-state index in [-0.39, 0.29) is 0 Å². The van der Waals surface area contributed by atoms with Crippen molar-refractivity contribution in [3.05, 3.63) is 42.2 Å². The first-order chi connectivity index (χ1) is 7.79. The molecule has 0 aliphatic heterocycles. The van der Waals surface area contributed by atoms with Gasteiger partial charge in [0.1, 0.15) is 0 Å². The summed E-state index contributed by atoms with van der Waals surface area (Å²) in [5.41, 5.74) is 9.12. The number of nitrogens with two attached hydrogens (primary N) is 1. The van der Waals surface area contributed by atoms with Crippen LogP contribution in [0.1, 0.15) is 12.0 Å². The van der Waals surface area contributed by atoms with E-state index in [0.717, 1.165) is 18.5 Å². The highest BCUT2D eigenvalue weighted by molar-refractivity contribution is 5.61. The summed E-state index contributed by atoms with van der Waals surface area (Å²) >= 11 is 0. The van der Waals surface area contributed by atoms with E-state index in [1.54, 1.807) is 0 Å². The van der Waals surface area contributed by atoms with Crippen molar-refractivity contribution in [2.24, 2.45) is 5.73 Å². The van der Waals surface area contributed by atoms with Gasteiger partial charge in [0.2, 0.25) is 0 Å². The standard InChI is InChI=1S/C13H17N3/c1-11-3-5-12(6-4-11)13-9-15-16(10-13)8-2-7-14/h3-6,9-10H,2,7-8,14H2,1H3. The third-order valence-electron chi connectivity index (χ3n) is 2.61. The predicted molar refractivity (Wildman–Crippen MR) is 66.1 cm³/mol. The van der Waals surface area contributed by atoms with Crippen molar-refractivity contribution in [3.8, 4) is 11.1 Å². The van der Waals surface area contributed by atoms with E-state index in [1.807, 2.05) is 10.9 Å². The zero-order valence-electron chi connectivity index (χ0n) is 9.56. The van der Waals surface area contributed by atoms with Crippen LogP contribution >= 0.6 is 0 Å². The van der Waals surface area contributed by atoms with Crippen molar-refractivity contribution in [2.45, 2.75) is 19.9 Å². The molecular formula is C13H17N3. The Kier molecular flexibility index (Phi) is 3.37. The predicted octanol–water partition coefficient (Wildman–Crippen LogP) is 2.21. The van der Waals surface area contributed by atoms with E-state index in [9.17, 15) is 0 Å². The normalized spacial score (nSPS) is 10.6. The topological polar surface area (TPSA) is 43.8 Å². The van der Waals surface area contributed by atoms with Gasteiger partial charge in [-0.25, -0.2) is 0 Å². The molecule has 0 bridgehead atoms. The van der Waals surface area contributed by atoms with E-state index in [0.29, 0.717) is 6.54 Å². The molecule has 0 spiro atoms. The van der Waals surface area contributed by atoms with Crippen LogP contribution in [0.15, 0.2) is 36.7 Å². The quantitative estimate of drug-likeness (QED) is 0.849. The zero-order chi connectivity index (χ0) is 11.4. The number of nitrogens with zero attached hydrogens (tertiary/aromatic N) is 2. The van der Waals surface area contributed by atoms with Crippen LogP contribution in [-0.2, 0) is 6.54 Å². The van der Waals surface area contributed by atoms with Crippen molar-refractivity contribution in [2.75, 3.05) is 6.54 Å². The van der Waals surface area contributed by atoms with Gasteiger partial charge in [0.05, 0.1) is 6.20 Å². The average Bonchev–Trinajstić information content (AvgIpc) is 2.76. The minimum atomic E-state index is 0.708. The molecule has 0 aliphatic rings. The number of aromatic nitrogens is 2. The van der Waals surface area contributed by atoms with Crippen LogP contribution < -0.4 is 5.73 Å². The van der Waals surface area contributed by atoms with Gasteiger partial charge in [-0.15, -0.1) is 0 Å². The van der Waals surface area contributed by atoms with E-state index < -0.39 is 0 Å². The molecule has 0 aliphatic carbocycles. The van der Waals surface area contributed by atoms with Gasteiger partial charge in [0.15, 0.2) is 0 Å². The van der Waals surface area contributed by atoms with Gasteiger partial charge in [-0.05, 0) is 25.5 Å². The first kappa shape index (κ1) is 10.9. The van der Waals surface area contributed by atoms with Crippen LogP contribution in [0.25, 0.3) is 11.1 Å². The van der Waals surface area contributed by atoms with Gasteiger partial charge < -0.3 is 5.73 Å². The Morgan fingerprint density at radius 3 is 2.62 bits per heavy atom. The molecule has 16 heavy (non-hydrogen) atoms. The van der Waals surface area contributed by atoms with Gasteiger partial charge in [0.25, 0.3) is 0 Å². The van der Waals surface area contributed by atoms with E-state index >= 15 is 0 Å². The van der Waals surface area contributed by atoms with Gasteiger partial charge in [-0.3, -0.25) is 4.68 Å². The minimum absolute atomic E-state index is 0.708. The summed E-state index contributed by atoms with van der Waals surface area (Å²) < 4.78 is 1.95. The summed E-state index contributed by atoms with van der Waals surface area (Å²) in [6.07, 6.45) is 4.94. The van der Waals surface area contributed by atoms with Crippen LogP contribution in [-0.4, -0.2) is 16.3 Å². The van der Waals surface area contributed by atoms with E-state index in [4.69, 9.17) is 5.73 Å². The van der Waals surface area contributed by atoms with Crippen molar-refractivity contribution >= 4 is 0 Å². The molecule has 2 aromatic rings. The number of rotatable bonds is 4. The molecule has 84 valence electrons. The Morgan fingerprint density at radius 1 is 1.19 bits per heavy atom. The second kappa shape index (κ2) is 4.94. The maximum atomic E-state index is 5.47. The highest BCUT2D eigenvalue weighted by atomic mass is 15.3. The Labute approximate surface area is 95.9 Å². The largest absolute Gasteiger partial charge is 0.330 e. The van der Waals surface area contributed by atoms with Crippen molar-refractivity contribution in [1.29, 1.82) is 0 Å². The van der Waals surface area contributed by atoms with Gasteiger partial charge in [-0.1, -0.05) is 29.8 Å². The molecule has 0 atom stereocenters. The molecule has 2 N–H and O–H groups in total. The molecule has 1 heterocycles. The van der Waals surface area contributed by atoms with Crippen LogP contribution in [0, 0.1) is 6.92 Å². The molecule has 2 rings (SSSR count). The molecule has 0 saturated carbocycles. The average molecular weight is 215 g/mol.